The molecule has 0 fully saturated rings. The fourth-order valence-electron chi connectivity index (χ4n) is 2.17. The summed E-state index contributed by atoms with van der Waals surface area (Å²) in [6.45, 7) is 0.199. The van der Waals surface area contributed by atoms with Crippen molar-refractivity contribution in [3.05, 3.63) is 71.8 Å². The van der Waals surface area contributed by atoms with Gasteiger partial charge in [-0.15, -0.1) is 0 Å². The van der Waals surface area contributed by atoms with Crippen molar-refractivity contribution in [3.8, 4) is 0 Å². The molecule has 0 unspecified atom stereocenters. The molecule has 0 bridgehead atoms. The Morgan fingerprint density at radius 3 is 1.96 bits per heavy atom. The second kappa shape index (κ2) is 11.0. The number of amides is 1. The average molecular weight is 373 g/mol. The molecular weight excluding hydrogens is 353 g/mol. The maximum Gasteiger partial charge on any atom is 0.408 e. The van der Waals surface area contributed by atoms with Gasteiger partial charge in [0, 0.05) is 6.16 Å². The zero-order chi connectivity index (χ0) is 18.6. The van der Waals surface area contributed by atoms with Crippen molar-refractivity contribution < 1.29 is 23.6 Å². The van der Waals surface area contributed by atoms with Crippen LogP contribution in [0.5, 0.6) is 0 Å². The van der Waals surface area contributed by atoms with E-state index in [-0.39, 0.29) is 34.3 Å². The third kappa shape index (κ3) is 7.03. The number of carbonyl (C=O) groups excluding carboxylic acids is 2. The van der Waals surface area contributed by atoms with Gasteiger partial charge in [-0.25, -0.2) is 9.59 Å². The Balaban J connectivity index is 1.85. The van der Waals surface area contributed by atoms with Gasteiger partial charge in [0.1, 0.15) is 19.3 Å². The molecule has 2 rings (SSSR count). The van der Waals surface area contributed by atoms with Crippen LogP contribution in [0.4, 0.5) is 4.79 Å². The predicted molar refractivity (Wildman–Crippen MR) is 96.9 cm³/mol. The molecule has 6 nitrogen and oxygen atoms in total. The largest absolute Gasteiger partial charge is 0.459 e. The van der Waals surface area contributed by atoms with E-state index in [1.165, 1.54) is 0 Å². The topological polar surface area (TPSA) is 81.7 Å². The summed E-state index contributed by atoms with van der Waals surface area (Å²) in [5, 5.41) is 2.48. The van der Waals surface area contributed by atoms with Crippen molar-refractivity contribution in [2.75, 3.05) is 6.16 Å². The lowest BCUT2D eigenvalue weighted by atomic mass is 10.2. The van der Waals surface area contributed by atoms with Gasteiger partial charge >= 0.3 is 12.1 Å². The molecule has 0 heterocycles. The summed E-state index contributed by atoms with van der Waals surface area (Å²) in [6, 6.07) is 17.5. The molecule has 2 aromatic carbocycles. The molecule has 0 saturated carbocycles. The first-order valence-corrected chi connectivity index (χ1v) is 9.15. The zero-order valence-corrected chi connectivity index (χ0v) is 15.1. The van der Waals surface area contributed by atoms with Crippen LogP contribution in [0.2, 0.25) is 0 Å². The Morgan fingerprint density at radius 1 is 0.885 bits per heavy atom. The smallest absolute Gasteiger partial charge is 0.408 e. The molecule has 0 saturated heterocycles. The Labute approximate surface area is 153 Å². The van der Waals surface area contributed by atoms with E-state index in [2.05, 4.69) is 5.32 Å². The summed E-state index contributed by atoms with van der Waals surface area (Å²) in [5.41, 5.74) is 1.68. The molecule has 1 atom stereocenters. The molecule has 7 heteroatoms. The van der Waals surface area contributed by atoms with E-state index in [1.807, 2.05) is 60.7 Å². The summed E-state index contributed by atoms with van der Waals surface area (Å²) < 4.78 is 21.1. The minimum atomic E-state index is -0.913. The van der Waals surface area contributed by atoms with E-state index in [4.69, 9.17) is 9.47 Å². The van der Waals surface area contributed by atoms with Gasteiger partial charge in [-0.05, 0) is 17.5 Å². The molecule has 1 N–H and O–H groups in total. The molecule has 136 valence electrons. The minimum absolute atomic E-state index is 0.0955. The van der Waals surface area contributed by atoms with Crippen LogP contribution < -0.4 is 5.32 Å². The van der Waals surface area contributed by atoms with E-state index in [0.717, 1.165) is 11.1 Å². The molecule has 0 aliphatic carbocycles. The second-order valence-corrected chi connectivity index (χ2v) is 6.20. The number of esters is 1. The van der Waals surface area contributed by atoms with Crippen LogP contribution in [-0.4, -0.2) is 24.3 Å². The fraction of sp³-hybridized carbons (Fsp3) is 0.263. The maximum atomic E-state index is 12.2. The van der Waals surface area contributed by atoms with Crippen molar-refractivity contribution in [1.82, 2.24) is 5.32 Å². The van der Waals surface area contributed by atoms with Gasteiger partial charge in [0.25, 0.3) is 0 Å². The van der Waals surface area contributed by atoms with Crippen molar-refractivity contribution in [2.45, 2.75) is 25.7 Å². The lowest BCUT2D eigenvalue weighted by molar-refractivity contribution is -0.147. The van der Waals surface area contributed by atoms with Crippen molar-refractivity contribution in [2.24, 2.45) is 0 Å². The molecule has 0 aliphatic heterocycles. The third-order valence-electron chi connectivity index (χ3n) is 3.52. The fourth-order valence-corrected chi connectivity index (χ4v) is 2.53. The average Bonchev–Trinajstić information content (AvgIpc) is 2.69. The number of benzene rings is 2. The zero-order valence-electron chi connectivity index (χ0n) is 14.2. The quantitative estimate of drug-likeness (QED) is 0.535. The SMILES string of the molecule is O=PCC[C@@H](NC(=O)OCc1ccccc1)C(=O)OCc1ccccc1. The van der Waals surface area contributed by atoms with Crippen LogP contribution in [-0.2, 0) is 32.0 Å². The van der Waals surface area contributed by atoms with Gasteiger partial charge < -0.3 is 14.8 Å². The minimum Gasteiger partial charge on any atom is -0.459 e. The van der Waals surface area contributed by atoms with E-state index >= 15 is 0 Å². The summed E-state index contributed by atoms with van der Waals surface area (Å²) in [5.74, 6) is -0.589. The first-order valence-electron chi connectivity index (χ1n) is 8.16. The summed E-state index contributed by atoms with van der Waals surface area (Å²) in [7, 11) is -0.104. The molecule has 0 aromatic heterocycles. The van der Waals surface area contributed by atoms with E-state index in [9.17, 15) is 14.2 Å². The van der Waals surface area contributed by atoms with Crippen molar-refractivity contribution in [3.63, 3.8) is 0 Å². The molecule has 0 spiro atoms. The third-order valence-corrected chi connectivity index (χ3v) is 3.96. The lowest BCUT2D eigenvalue weighted by Gasteiger charge is -2.16. The van der Waals surface area contributed by atoms with Crippen LogP contribution in [0.25, 0.3) is 0 Å². The Morgan fingerprint density at radius 2 is 1.42 bits per heavy atom. The molecule has 1 amide bonds. The summed E-state index contributed by atoms with van der Waals surface area (Å²) in [6.07, 6.45) is -0.304. The van der Waals surface area contributed by atoms with Crippen LogP contribution in [0.1, 0.15) is 17.5 Å². The van der Waals surface area contributed by atoms with Gasteiger partial charge in [-0.3, -0.25) is 4.57 Å². The predicted octanol–water partition coefficient (Wildman–Crippen LogP) is 3.71. The molecule has 0 radical (unpaired) electrons. The van der Waals surface area contributed by atoms with Gasteiger partial charge in [-0.1, -0.05) is 60.7 Å². The van der Waals surface area contributed by atoms with E-state index in [0.29, 0.717) is 0 Å². The molecule has 0 aliphatic rings. The van der Waals surface area contributed by atoms with Crippen LogP contribution in [0.3, 0.4) is 0 Å². The van der Waals surface area contributed by atoms with Crippen molar-refractivity contribution in [1.29, 1.82) is 0 Å². The number of rotatable bonds is 9. The van der Waals surface area contributed by atoms with Gasteiger partial charge in [0.05, 0.1) is 0 Å². The summed E-state index contributed by atoms with van der Waals surface area (Å²) in [4.78, 5) is 24.2. The van der Waals surface area contributed by atoms with Crippen LogP contribution in [0, 0.1) is 0 Å². The van der Waals surface area contributed by atoms with E-state index < -0.39 is 18.1 Å². The molecule has 26 heavy (non-hydrogen) atoms. The van der Waals surface area contributed by atoms with Gasteiger partial charge in [0.2, 0.25) is 0 Å². The number of ether oxygens (including phenoxy) is 2. The first kappa shape index (κ1) is 19.6. The van der Waals surface area contributed by atoms with Crippen molar-refractivity contribution >= 4 is 20.5 Å². The van der Waals surface area contributed by atoms with Gasteiger partial charge in [-0.2, -0.15) is 0 Å². The number of alkyl carbamates (subject to hydrolysis) is 1. The molecular formula is C19H20NO5P. The summed E-state index contributed by atoms with van der Waals surface area (Å²) >= 11 is 0. The van der Waals surface area contributed by atoms with Crippen LogP contribution in [0.15, 0.2) is 60.7 Å². The van der Waals surface area contributed by atoms with Gasteiger partial charge in [0.15, 0.2) is 8.46 Å². The Hall–Kier alpha value is -2.72. The number of hydrogen-bond acceptors (Lipinski definition) is 5. The highest BCUT2D eigenvalue weighted by Crippen LogP contribution is 2.07. The van der Waals surface area contributed by atoms with E-state index in [1.54, 1.807) is 0 Å². The monoisotopic (exact) mass is 373 g/mol. The second-order valence-electron chi connectivity index (χ2n) is 5.49. The number of carbonyl (C=O) groups is 2. The molecule has 2 aromatic rings. The maximum absolute atomic E-state index is 12.2. The highest BCUT2D eigenvalue weighted by molar-refractivity contribution is 7.23. The normalized spacial score (nSPS) is 11.5. The number of nitrogens with one attached hydrogen (secondary N) is 1. The number of hydrogen-bond donors (Lipinski definition) is 1. The Bertz CT molecular complexity index is 708. The lowest BCUT2D eigenvalue weighted by Crippen LogP contribution is -2.42. The highest BCUT2D eigenvalue weighted by atomic mass is 31.1. The Kier molecular flexibility index (Phi) is 8.30. The van der Waals surface area contributed by atoms with Crippen LogP contribution >= 0.6 is 8.46 Å². The first-order chi connectivity index (χ1) is 12.7. The highest BCUT2D eigenvalue weighted by Gasteiger charge is 2.23. The standard InChI is InChI=1S/C19H20NO5P/c21-18(24-13-15-7-3-1-4-8-15)17(11-12-26-23)20-19(22)25-14-16-9-5-2-6-10-16/h1-10,17H,11-14H2,(H,20,22)/t17-/m1/s1.